The predicted molar refractivity (Wildman–Crippen MR) is 62.0 cm³/mol. The molecule has 0 heterocycles. The van der Waals surface area contributed by atoms with Crippen molar-refractivity contribution in [1.82, 2.24) is 0 Å². The van der Waals surface area contributed by atoms with Crippen LogP contribution in [0.15, 0.2) is 30.3 Å². The SMILES string of the molecule is COC(=O)C(=O)C(C(C)=O)C(=O)c1ccccc1. The van der Waals surface area contributed by atoms with Crippen LogP contribution in [0.4, 0.5) is 0 Å². The van der Waals surface area contributed by atoms with E-state index in [9.17, 15) is 19.2 Å². The van der Waals surface area contributed by atoms with Crippen molar-refractivity contribution in [3.05, 3.63) is 35.9 Å². The highest BCUT2D eigenvalue weighted by molar-refractivity contribution is 6.44. The third-order valence-corrected chi connectivity index (χ3v) is 2.38. The Labute approximate surface area is 104 Å². The third kappa shape index (κ3) is 2.88. The van der Waals surface area contributed by atoms with Gasteiger partial charge in [0, 0.05) is 5.56 Å². The van der Waals surface area contributed by atoms with Gasteiger partial charge in [0.25, 0.3) is 5.78 Å². The number of hydrogen-bond acceptors (Lipinski definition) is 5. The molecule has 1 aromatic rings. The van der Waals surface area contributed by atoms with E-state index < -0.39 is 29.2 Å². The molecule has 1 aromatic carbocycles. The number of carbonyl (C=O) groups excluding carboxylic acids is 4. The molecule has 0 amide bonds. The Morgan fingerprint density at radius 3 is 2.06 bits per heavy atom. The summed E-state index contributed by atoms with van der Waals surface area (Å²) in [4.78, 5) is 46.1. The van der Waals surface area contributed by atoms with Gasteiger partial charge in [0.05, 0.1) is 7.11 Å². The van der Waals surface area contributed by atoms with Crippen LogP contribution in [0, 0.1) is 5.92 Å². The molecule has 5 nitrogen and oxygen atoms in total. The van der Waals surface area contributed by atoms with Crippen LogP contribution in [0.25, 0.3) is 0 Å². The first-order valence-electron chi connectivity index (χ1n) is 5.21. The number of ether oxygens (including phenoxy) is 1. The normalized spacial score (nSPS) is 11.4. The lowest BCUT2D eigenvalue weighted by atomic mass is 9.90. The lowest BCUT2D eigenvalue weighted by Gasteiger charge is -2.10. The van der Waals surface area contributed by atoms with E-state index in [1.807, 2.05) is 0 Å². The second kappa shape index (κ2) is 5.86. The molecule has 1 atom stereocenters. The van der Waals surface area contributed by atoms with Crippen molar-refractivity contribution >= 4 is 23.3 Å². The molecule has 5 heteroatoms. The van der Waals surface area contributed by atoms with Gasteiger partial charge in [0.2, 0.25) is 0 Å². The van der Waals surface area contributed by atoms with Crippen LogP contribution >= 0.6 is 0 Å². The number of Topliss-reactive ketones (excluding diaryl/α,β-unsaturated/α-hetero) is 3. The Morgan fingerprint density at radius 1 is 1.06 bits per heavy atom. The number of carbonyl (C=O) groups is 4. The van der Waals surface area contributed by atoms with E-state index in [0.717, 1.165) is 14.0 Å². The van der Waals surface area contributed by atoms with Crippen molar-refractivity contribution in [2.24, 2.45) is 5.92 Å². The van der Waals surface area contributed by atoms with E-state index in [4.69, 9.17) is 0 Å². The molecule has 1 unspecified atom stereocenters. The molecule has 0 bridgehead atoms. The van der Waals surface area contributed by atoms with Crippen LogP contribution in [-0.2, 0) is 19.1 Å². The van der Waals surface area contributed by atoms with E-state index >= 15 is 0 Å². The van der Waals surface area contributed by atoms with Crippen molar-refractivity contribution in [3.8, 4) is 0 Å². The van der Waals surface area contributed by atoms with Crippen LogP contribution in [-0.4, -0.2) is 30.4 Å². The summed E-state index contributed by atoms with van der Waals surface area (Å²) in [5, 5.41) is 0. The van der Waals surface area contributed by atoms with E-state index in [1.165, 1.54) is 12.1 Å². The molecule has 0 aromatic heterocycles. The van der Waals surface area contributed by atoms with Gasteiger partial charge in [-0.3, -0.25) is 14.4 Å². The van der Waals surface area contributed by atoms with E-state index in [0.29, 0.717) is 0 Å². The zero-order valence-electron chi connectivity index (χ0n) is 10.0. The van der Waals surface area contributed by atoms with E-state index in [-0.39, 0.29) is 5.56 Å². The van der Waals surface area contributed by atoms with Crippen molar-refractivity contribution in [3.63, 3.8) is 0 Å². The van der Waals surface area contributed by atoms with Gasteiger partial charge in [-0.2, -0.15) is 0 Å². The second-order valence-corrected chi connectivity index (χ2v) is 3.63. The molecule has 0 N–H and O–H groups in total. The van der Waals surface area contributed by atoms with Crippen LogP contribution in [0.2, 0.25) is 0 Å². The van der Waals surface area contributed by atoms with Crippen molar-refractivity contribution in [1.29, 1.82) is 0 Å². The summed E-state index contributed by atoms with van der Waals surface area (Å²) in [6.07, 6.45) is 0. The molecule has 0 aliphatic rings. The van der Waals surface area contributed by atoms with Crippen LogP contribution in [0.5, 0.6) is 0 Å². The largest absolute Gasteiger partial charge is 0.463 e. The monoisotopic (exact) mass is 248 g/mol. The first kappa shape index (κ1) is 13.8. The lowest BCUT2D eigenvalue weighted by Crippen LogP contribution is -2.35. The molecular formula is C13H12O5. The molecule has 94 valence electrons. The van der Waals surface area contributed by atoms with Gasteiger partial charge >= 0.3 is 5.97 Å². The Kier molecular flexibility index (Phi) is 4.48. The fourth-order valence-electron chi connectivity index (χ4n) is 1.48. The Balaban J connectivity index is 3.08. The molecule has 18 heavy (non-hydrogen) atoms. The topological polar surface area (TPSA) is 77.5 Å². The minimum Gasteiger partial charge on any atom is -0.463 e. The van der Waals surface area contributed by atoms with Gasteiger partial charge in [0.15, 0.2) is 11.7 Å². The van der Waals surface area contributed by atoms with Gasteiger partial charge in [-0.25, -0.2) is 4.79 Å². The van der Waals surface area contributed by atoms with Gasteiger partial charge in [-0.15, -0.1) is 0 Å². The summed E-state index contributed by atoms with van der Waals surface area (Å²) >= 11 is 0. The fraction of sp³-hybridized carbons (Fsp3) is 0.231. The van der Waals surface area contributed by atoms with Crippen LogP contribution in [0.1, 0.15) is 17.3 Å². The first-order chi connectivity index (χ1) is 8.49. The molecule has 0 fully saturated rings. The molecule has 0 aliphatic heterocycles. The first-order valence-corrected chi connectivity index (χ1v) is 5.21. The summed E-state index contributed by atoms with van der Waals surface area (Å²) in [6.45, 7) is 1.09. The van der Waals surface area contributed by atoms with Gasteiger partial charge in [0.1, 0.15) is 5.78 Å². The average Bonchev–Trinajstić information content (AvgIpc) is 2.38. The Bertz CT molecular complexity index is 489. The minimum absolute atomic E-state index is 0.204. The molecule has 0 saturated carbocycles. The number of hydrogen-bond donors (Lipinski definition) is 0. The predicted octanol–water partition coefficient (Wildman–Crippen LogP) is 0.817. The van der Waals surface area contributed by atoms with Crippen LogP contribution < -0.4 is 0 Å². The average molecular weight is 248 g/mol. The summed E-state index contributed by atoms with van der Waals surface area (Å²) in [5.74, 6) is -5.34. The molecule has 1 rings (SSSR count). The highest BCUT2D eigenvalue weighted by Gasteiger charge is 2.36. The number of benzene rings is 1. The molecule has 0 aliphatic carbocycles. The minimum atomic E-state index is -1.63. The number of rotatable bonds is 5. The summed E-state index contributed by atoms with van der Waals surface area (Å²) < 4.78 is 4.24. The van der Waals surface area contributed by atoms with E-state index in [1.54, 1.807) is 18.2 Å². The van der Waals surface area contributed by atoms with Crippen molar-refractivity contribution < 1.29 is 23.9 Å². The lowest BCUT2D eigenvalue weighted by molar-refractivity contribution is -0.154. The maximum Gasteiger partial charge on any atom is 0.375 e. The number of methoxy groups -OCH3 is 1. The second-order valence-electron chi connectivity index (χ2n) is 3.63. The molecular weight excluding hydrogens is 236 g/mol. The third-order valence-electron chi connectivity index (χ3n) is 2.38. The highest BCUT2D eigenvalue weighted by Crippen LogP contribution is 2.12. The number of esters is 1. The van der Waals surface area contributed by atoms with Gasteiger partial charge < -0.3 is 4.74 Å². The van der Waals surface area contributed by atoms with Crippen molar-refractivity contribution in [2.75, 3.05) is 7.11 Å². The molecule has 0 radical (unpaired) electrons. The maximum atomic E-state index is 12.0. The quantitative estimate of drug-likeness (QED) is 0.333. The van der Waals surface area contributed by atoms with Crippen LogP contribution in [0.3, 0.4) is 0 Å². The fourth-order valence-corrected chi connectivity index (χ4v) is 1.48. The van der Waals surface area contributed by atoms with Crippen molar-refractivity contribution in [2.45, 2.75) is 6.92 Å². The Hall–Kier alpha value is -2.30. The zero-order valence-corrected chi connectivity index (χ0v) is 10.0. The molecule has 0 saturated heterocycles. The summed E-state index contributed by atoms with van der Waals surface area (Å²) in [7, 11) is 1.02. The molecule has 0 spiro atoms. The Morgan fingerprint density at radius 2 is 1.61 bits per heavy atom. The maximum absolute atomic E-state index is 12.0. The van der Waals surface area contributed by atoms with Gasteiger partial charge in [-0.1, -0.05) is 30.3 Å². The summed E-state index contributed by atoms with van der Waals surface area (Å²) in [5.41, 5.74) is 0.204. The van der Waals surface area contributed by atoms with E-state index in [2.05, 4.69) is 4.74 Å². The summed E-state index contributed by atoms with van der Waals surface area (Å²) in [6, 6.07) is 7.85. The van der Waals surface area contributed by atoms with Gasteiger partial charge in [-0.05, 0) is 6.92 Å². The zero-order chi connectivity index (χ0) is 13.7. The highest BCUT2D eigenvalue weighted by atomic mass is 16.5. The standard InChI is InChI=1S/C13H12O5/c1-8(14)10(12(16)13(17)18-2)11(15)9-6-4-3-5-7-9/h3-7,10H,1-2H3. The number of ketones is 3. The smallest absolute Gasteiger partial charge is 0.375 e.